The van der Waals surface area contributed by atoms with Gasteiger partial charge in [0.05, 0.1) is 9.81 Å². The van der Waals surface area contributed by atoms with Crippen LogP contribution >= 0.6 is 48.0 Å². The highest BCUT2D eigenvalue weighted by Crippen LogP contribution is 2.42. The minimum absolute atomic E-state index is 0.166. The van der Waals surface area contributed by atoms with E-state index in [2.05, 4.69) is 0 Å². The molecule has 0 spiro atoms. The maximum atomic E-state index is 13.0. The van der Waals surface area contributed by atoms with Gasteiger partial charge in [0.15, 0.2) is 0 Å². The number of esters is 2. The van der Waals surface area contributed by atoms with Crippen molar-refractivity contribution in [2.45, 2.75) is 25.7 Å². The van der Waals surface area contributed by atoms with E-state index in [-0.39, 0.29) is 59.5 Å². The Morgan fingerprint density at radius 1 is 0.750 bits per heavy atom. The van der Waals surface area contributed by atoms with Crippen LogP contribution in [0.25, 0.3) is 0 Å². The normalized spacial score (nSPS) is 18.3. The van der Waals surface area contributed by atoms with E-state index >= 15 is 0 Å². The van der Waals surface area contributed by atoms with Gasteiger partial charge in [0.1, 0.15) is 21.9 Å². The van der Waals surface area contributed by atoms with Gasteiger partial charge in [-0.3, -0.25) is 29.0 Å². The van der Waals surface area contributed by atoms with E-state index < -0.39 is 0 Å². The summed E-state index contributed by atoms with van der Waals surface area (Å²) in [7, 11) is 7.56. The number of amides is 2. The van der Waals surface area contributed by atoms with E-state index in [1.54, 1.807) is 0 Å². The van der Waals surface area contributed by atoms with Gasteiger partial charge in [0.25, 0.3) is 11.8 Å². The third-order valence-corrected chi connectivity index (χ3v) is 8.06. The minimum Gasteiger partial charge on any atom is -0.464 e. The van der Waals surface area contributed by atoms with Crippen molar-refractivity contribution < 1.29 is 28.7 Å². The predicted molar refractivity (Wildman–Crippen MR) is 148 cm³/mol. The Hall–Kier alpha value is -1.58. The third kappa shape index (κ3) is 9.38. The first-order valence-electron chi connectivity index (χ1n) is 11.4. The van der Waals surface area contributed by atoms with Gasteiger partial charge in [-0.25, -0.2) is 0 Å². The Labute approximate surface area is 231 Å². The van der Waals surface area contributed by atoms with Crippen molar-refractivity contribution in [3.8, 4) is 0 Å². The molecule has 0 aliphatic carbocycles. The molecule has 2 amide bonds. The van der Waals surface area contributed by atoms with Crippen LogP contribution in [0.4, 0.5) is 0 Å². The van der Waals surface area contributed by atoms with Crippen LogP contribution in [-0.2, 0) is 28.7 Å². The summed E-state index contributed by atoms with van der Waals surface area (Å²) in [5.74, 6) is -1.39. The number of hydrogen-bond acceptors (Lipinski definition) is 12. The van der Waals surface area contributed by atoms with Gasteiger partial charge in [-0.15, -0.1) is 0 Å². The lowest BCUT2D eigenvalue weighted by molar-refractivity contribution is -0.145. The number of carbonyl (C=O) groups is 4. The number of thiocarbonyl (C=S) groups is 2. The molecule has 14 heteroatoms. The quantitative estimate of drug-likeness (QED) is 0.171. The number of hydrogen-bond donors (Lipinski definition) is 0. The zero-order valence-electron chi connectivity index (χ0n) is 20.9. The second-order valence-electron chi connectivity index (χ2n) is 8.56. The molecule has 2 saturated heterocycles. The largest absolute Gasteiger partial charge is 0.464 e. The molecule has 200 valence electrons. The molecule has 36 heavy (non-hydrogen) atoms. The number of nitrogens with zero attached hydrogens (tertiary/aromatic N) is 4. The molecule has 0 unspecified atom stereocenters. The SMILES string of the molecule is CN(C)CCOC(=O)CCCN1C(=O)/C(=C2\SC(=S)N(CCCC(=O)OCCN(C)C)C2=O)SC1=S. The fourth-order valence-corrected chi connectivity index (χ4v) is 5.82. The molecule has 2 heterocycles. The van der Waals surface area contributed by atoms with Gasteiger partial charge in [-0.2, -0.15) is 0 Å². The molecule has 0 saturated carbocycles. The minimum atomic E-state index is -0.365. The van der Waals surface area contributed by atoms with Crippen LogP contribution in [0.1, 0.15) is 25.7 Å². The highest BCUT2D eigenvalue weighted by atomic mass is 32.2. The molecule has 0 aromatic carbocycles. The Morgan fingerprint density at radius 2 is 1.11 bits per heavy atom. The Bertz CT molecular complexity index is 852. The summed E-state index contributed by atoms with van der Waals surface area (Å²) >= 11 is 12.8. The van der Waals surface area contributed by atoms with Crippen LogP contribution in [0.3, 0.4) is 0 Å². The van der Waals surface area contributed by atoms with Crippen molar-refractivity contribution in [3.63, 3.8) is 0 Å². The standard InChI is InChI=1S/C22H32N4O6S4/c1-23(2)11-13-31-15(27)7-5-9-25-19(29)17(35-21(25)33)18-20(30)26(22(34)36-18)10-6-8-16(28)32-14-12-24(3)4/h5-14H2,1-4H3/b18-17+. The predicted octanol–water partition coefficient (Wildman–Crippen LogP) is 1.69. The Balaban J connectivity index is 1.85. The molecule has 0 aromatic rings. The second kappa shape index (κ2) is 15.0. The van der Waals surface area contributed by atoms with Crippen molar-refractivity contribution in [2.75, 3.05) is 67.6 Å². The fourth-order valence-electron chi connectivity index (χ4n) is 3.05. The highest BCUT2D eigenvalue weighted by molar-refractivity contribution is 8.29. The van der Waals surface area contributed by atoms with Crippen molar-refractivity contribution in [1.82, 2.24) is 19.6 Å². The summed E-state index contributed by atoms with van der Waals surface area (Å²) in [5, 5.41) is 0. The number of ether oxygens (including phenoxy) is 2. The van der Waals surface area contributed by atoms with Gasteiger partial charge in [-0.1, -0.05) is 48.0 Å². The number of likely N-dealkylation sites (N-methyl/N-ethyl adjacent to an activating group) is 2. The van der Waals surface area contributed by atoms with Crippen molar-refractivity contribution in [3.05, 3.63) is 9.81 Å². The first-order chi connectivity index (χ1) is 17.0. The average molecular weight is 577 g/mol. The molecule has 0 atom stereocenters. The summed E-state index contributed by atoms with van der Waals surface area (Å²) in [6.07, 6.45) is 1.12. The summed E-state index contributed by atoms with van der Waals surface area (Å²) in [4.78, 5) is 56.8. The van der Waals surface area contributed by atoms with E-state index in [1.807, 2.05) is 38.0 Å². The van der Waals surface area contributed by atoms with Crippen molar-refractivity contribution in [1.29, 1.82) is 0 Å². The van der Waals surface area contributed by atoms with Crippen LogP contribution in [0.15, 0.2) is 9.81 Å². The van der Waals surface area contributed by atoms with E-state index in [1.165, 1.54) is 9.80 Å². The van der Waals surface area contributed by atoms with Crippen molar-refractivity contribution in [2.24, 2.45) is 0 Å². The second-order valence-corrected chi connectivity index (χ2v) is 11.9. The Kier molecular flexibility index (Phi) is 12.8. The monoisotopic (exact) mass is 576 g/mol. The van der Waals surface area contributed by atoms with Crippen LogP contribution in [-0.4, -0.2) is 120 Å². The molecule has 0 N–H and O–H groups in total. The summed E-state index contributed by atoms with van der Waals surface area (Å²) in [5.41, 5.74) is 0. The molecule has 0 aromatic heterocycles. The smallest absolute Gasteiger partial charge is 0.305 e. The van der Waals surface area contributed by atoms with Gasteiger partial charge in [-0.05, 0) is 41.0 Å². The lowest BCUT2D eigenvalue weighted by Crippen LogP contribution is -2.31. The molecule has 2 fully saturated rings. The number of rotatable bonds is 14. The van der Waals surface area contributed by atoms with Crippen LogP contribution < -0.4 is 0 Å². The lowest BCUT2D eigenvalue weighted by atomic mass is 10.3. The van der Waals surface area contributed by atoms with E-state index in [4.69, 9.17) is 33.9 Å². The van der Waals surface area contributed by atoms with Gasteiger partial charge >= 0.3 is 11.9 Å². The highest BCUT2D eigenvalue weighted by Gasteiger charge is 2.41. The Morgan fingerprint density at radius 3 is 1.44 bits per heavy atom. The molecule has 0 radical (unpaired) electrons. The topological polar surface area (TPSA) is 99.7 Å². The van der Waals surface area contributed by atoms with E-state index in [9.17, 15) is 19.2 Å². The first-order valence-corrected chi connectivity index (χ1v) is 13.9. The molecular weight excluding hydrogens is 545 g/mol. The zero-order chi connectivity index (χ0) is 26.8. The van der Waals surface area contributed by atoms with Crippen LogP contribution in [0.2, 0.25) is 0 Å². The van der Waals surface area contributed by atoms with Crippen molar-refractivity contribution >= 4 is 80.4 Å². The maximum Gasteiger partial charge on any atom is 0.305 e. The molecule has 2 rings (SSSR count). The molecule has 2 aliphatic rings. The molecule has 2 aliphatic heterocycles. The molecule has 0 bridgehead atoms. The van der Waals surface area contributed by atoms with E-state index in [0.717, 1.165) is 23.5 Å². The van der Waals surface area contributed by atoms with Crippen LogP contribution in [0.5, 0.6) is 0 Å². The van der Waals surface area contributed by atoms with Crippen LogP contribution in [0, 0.1) is 0 Å². The molecular formula is C22H32N4O6S4. The first kappa shape index (κ1) is 30.6. The fraction of sp³-hybridized carbons (Fsp3) is 0.636. The number of carbonyl (C=O) groups excluding carboxylic acids is 4. The summed E-state index contributed by atoms with van der Waals surface area (Å²) in [6, 6.07) is 0. The average Bonchev–Trinajstić information content (AvgIpc) is 3.22. The third-order valence-electron chi connectivity index (χ3n) is 5.03. The lowest BCUT2D eigenvalue weighted by Gasteiger charge is -2.15. The number of thioether (sulfide) groups is 2. The summed E-state index contributed by atoms with van der Waals surface area (Å²) in [6.45, 7) is 2.41. The molecule has 10 nitrogen and oxygen atoms in total. The van der Waals surface area contributed by atoms with Gasteiger partial charge in [0, 0.05) is 39.0 Å². The van der Waals surface area contributed by atoms with Gasteiger partial charge in [0.2, 0.25) is 0 Å². The summed E-state index contributed by atoms with van der Waals surface area (Å²) < 4.78 is 11.0. The van der Waals surface area contributed by atoms with Gasteiger partial charge < -0.3 is 19.3 Å². The van der Waals surface area contributed by atoms with E-state index in [0.29, 0.717) is 47.8 Å². The maximum absolute atomic E-state index is 13.0. The zero-order valence-corrected chi connectivity index (χ0v) is 24.2.